The van der Waals surface area contributed by atoms with Crippen molar-refractivity contribution < 1.29 is 17.7 Å². The molecule has 0 unspecified atom stereocenters. The molecular formula is C19H15ClN4O4S. The summed E-state index contributed by atoms with van der Waals surface area (Å²) in [4.78, 5) is 16.5. The minimum Gasteiger partial charge on any atom is -0.343 e. The molecule has 0 fully saturated rings. The van der Waals surface area contributed by atoms with E-state index in [9.17, 15) is 13.2 Å². The predicted molar refractivity (Wildman–Crippen MR) is 106 cm³/mol. The minimum atomic E-state index is -3.80. The lowest BCUT2D eigenvalue weighted by Crippen LogP contribution is -2.26. The van der Waals surface area contributed by atoms with Crippen molar-refractivity contribution in [2.75, 3.05) is 6.54 Å². The summed E-state index contributed by atoms with van der Waals surface area (Å²) in [5.41, 5.74) is 0.833. The number of carbonyl (C=O) groups excluding carboxylic acids is 1. The maximum absolute atomic E-state index is 12.4. The third-order valence-corrected chi connectivity index (χ3v) is 5.36. The Morgan fingerprint density at radius 1 is 1.21 bits per heavy atom. The normalized spacial score (nSPS) is 11.0. The Hall–Kier alpha value is -3.19. The van der Waals surface area contributed by atoms with Crippen molar-refractivity contribution in [2.24, 2.45) is 0 Å². The zero-order chi connectivity index (χ0) is 20.9. The molecule has 2 aromatic carbocycles. The van der Waals surface area contributed by atoms with Gasteiger partial charge in [0.25, 0.3) is 5.91 Å². The van der Waals surface area contributed by atoms with Crippen LogP contribution in [0.3, 0.4) is 0 Å². The van der Waals surface area contributed by atoms with Gasteiger partial charge >= 0.3 is 0 Å². The van der Waals surface area contributed by atoms with Crippen molar-refractivity contribution in [1.29, 1.82) is 0 Å². The SMILES string of the molecule is C#CCNS(=O)(=O)c1cccc(C(=O)NCc2nc(-c3cccc(Cl)c3)no2)c1. The summed E-state index contributed by atoms with van der Waals surface area (Å²) in [6.45, 7) is -0.177. The standard InChI is InChI=1S/C19H15ClN4O4S/c1-2-9-22-29(26,27)16-8-4-6-14(11-16)19(25)21-12-17-23-18(24-28-17)13-5-3-7-15(20)10-13/h1,3-8,10-11,22H,9,12H2,(H,21,25). The number of nitrogens with one attached hydrogen (secondary N) is 2. The van der Waals surface area contributed by atoms with Crippen LogP contribution in [-0.4, -0.2) is 31.0 Å². The molecule has 29 heavy (non-hydrogen) atoms. The summed E-state index contributed by atoms with van der Waals surface area (Å²) in [6.07, 6.45) is 5.07. The predicted octanol–water partition coefficient (Wildman–Crippen LogP) is 2.23. The third-order valence-electron chi connectivity index (χ3n) is 3.72. The fourth-order valence-corrected chi connectivity index (χ4v) is 3.52. The molecule has 3 rings (SSSR count). The van der Waals surface area contributed by atoms with Gasteiger partial charge in [0.2, 0.25) is 21.7 Å². The smallest absolute Gasteiger partial charge is 0.251 e. The average molecular weight is 431 g/mol. The minimum absolute atomic E-state index is 0.0290. The first-order valence-electron chi connectivity index (χ1n) is 8.29. The lowest BCUT2D eigenvalue weighted by molar-refractivity contribution is 0.0946. The molecule has 0 spiro atoms. The molecule has 0 bridgehead atoms. The topological polar surface area (TPSA) is 114 Å². The zero-order valence-electron chi connectivity index (χ0n) is 14.9. The first-order chi connectivity index (χ1) is 13.9. The van der Waals surface area contributed by atoms with Gasteiger partial charge in [-0.25, -0.2) is 8.42 Å². The van der Waals surface area contributed by atoms with Crippen LogP contribution in [0.4, 0.5) is 0 Å². The number of hydrogen-bond donors (Lipinski definition) is 2. The lowest BCUT2D eigenvalue weighted by atomic mass is 10.2. The van der Waals surface area contributed by atoms with Crippen molar-refractivity contribution in [3.8, 4) is 23.7 Å². The van der Waals surface area contributed by atoms with Crippen LogP contribution >= 0.6 is 11.6 Å². The van der Waals surface area contributed by atoms with Crippen molar-refractivity contribution >= 4 is 27.5 Å². The number of hydrogen-bond acceptors (Lipinski definition) is 6. The number of amides is 1. The second-order valence-electron chi connectivity index (χ2n) is 5.76. The van der Waals surface area contributed by atoms with Crippen LogP contribution in [0, 0.1) is 12.3 Å². The second-order valence-corrected chi connectivity index (χ2v) is 7.96. The molecule has 0 aliphatic rings. The highest BCUT2D eigenvalue weighted by molar-refractivity contribution is 7.89. The van der Waals surface area contributed by atoms with Gasteiger partial charge in [-0.2, -0.15) is 9.71 Å². The Morgan fingerprint density at radius 3 is 2.76 bits per heavy atom. The van der Waals surface area contributed by atoms with E-state index in [1.165, 1.54) is 24.3 Å². The highest BCUT2D eigenvalue weighted by atomic mass is 35.5. The number of aromatic nitrogens is 2. The van der Waals surface area contributed by atoms with Crippen LogP contribution in [0.15, 0.2) is 57.9 Å². The monoisotopic (exact) mass is 430 g/mol. The molecule has 10 heteroatoms. The highest BCUT2D eigenvalue weighted by Crippen LogP contribution is 2.20. The van der Waals surface area contributed by atoms with Gasteiger partial charge in [0.1, 0.15) is 0 Å². The van der Waals surface area contributed by atoms with E-state index < -0.39 is 15.9 Å². The van der Waals surface area contributed by atoms with Gasteiger partial charge in [-0.3, -0.25) is 4.79 Å². The zero-order valence-corrected chi connectivity index (χ0v) is 16.5. The van der Waals surface area contributed by atoms with E-state index in [-0.39, 0.29) is 29.4 Å². The maximum atomic E-state index is 12.4. The highest BCUT2D eigenvalue weighted by Gasteiger charge is 2.16. The Labute approximate surface area is 172 Å². The molecule has 0 aliphatic heterocycles. The van der Waals surface area contributed by atoms with Crippen molar-refractivity contribution in [3.05, 3.63) is 65.0 Å². The van der Waals surface area contributed by atoms with Crippen LogP contribution in [0.2, 0.25) is 5.02 Å². The summed E-state index contributed by atoms with van der Waals surface area (Å²) in [5.74, 6) is 2.21. The number of nitrogens with zero attached hydrogens (tertiary/aromatic N) is 2. The molecule has 1 heterocycles. The number of halogens is 1. The summed E-state index contributed by atoms with van der Waals surface area (Å²) >= 11 is 5.94. The fourth-order valence-electron chi connectivity index (χ4n) is 2.35. The molecule has 3 aromatic rings. The molecule has 0 aliphatic carbocycles. The first kappa shape index (κ1) is 20.5. The summed E-state index contributed by atoms with van der Waals surface area (Å²) < 4.78 is 31.6. The van der Waals surface area contributed by atoms with Crippen LogP contribution in [-0.2, 0) is 16.6 Å². The fraction of sp³-hybridized carbons (Fsp3) is 0.105. The summed E-state index contributed by atoms with van der Waals surface area (Å²) in [5, 5.41) is 6.99. The van der Waals surface area contributed by atoms with Crippen molar-refractivity contribution in [3.63, 3.8) is 0 Å². The van der Waals surface area contributed by atoms with E-state index in [4.69, 9.17) is 22.5 Å². The summed E-state index contributed by atoms with van der Waals surface area (Å²) in [7, 11) is -3.80. The van der Waals surface area contributed by atoms with Crippen molar-refractivity contribution in [1.82, 2.24) is 20.2 Å². The van der Waals surface area contributed by atoms with Gasteiger partial charge in [0.05, 0.1) is 18.0 Å². The van der Waals surface area contributed by atoms with E-state index in [1.54, 1.807) is 24.3 Å². The molecular weight excluding hydrogens is 416 g/mol. The van der Waals surface area contributed by atoms with Gasteiger partial charge in [0, 0.05) is 16.1 Å². The molecule has 148 valence electrons. The Kier molecular flexibility index (Phi) is 6.29. The molecule has 1 aromatic heterocycles. The van der Waals surface area contributed by atoms with Gasteiger partial charge in [0.15, 0.2) is 0 Å². The average Bonchev–Trinajstić information content (AvgIpc) is 3.20. The van der Waals surface area contributed by atoms with Gasteiger partial charge in [-0.1, -0.05) is 40.9 Å². The Morgan fingerprint density at radius 2 is 2.00 bits per heavy atom. The molecule has 0 saturated heterocycles. The van der Waals surface area contributed by atoms with E-state index >= 15 is 0 Å². The van der Waals surface area contributed by atoms with Gasteiger partial charge in [-0.05, 0) is 30.3 Å². The molecule has 0 atom stereocenters. The molecule has 2 N–H and O–H groups in total. The molecule has 0 radical (unpaired) electrons. The number of terminal acetylenes is 1. The number of carbonyl (C=O) groups is 1. The van der Waals surface area contributed by atoms with E-state index in [2.05, 4.69) is 26.1 Å². The van der Waals surface area contributed by atoms with Crippen LogP contribution < -0.4 is 10.0 Å². The van der Waals surface area contributed by atoms with E-state index in [0.29, 0.717) is 16.4 Å². The third kappa shape index (κ3) is 5.20. The largest absolute Gasteiger partial charge is 0.343 e. The van der Waals surface area contributed by atoms with Gasteiger partial charge < -0.3 is 9.84 Å². The quantitative estimate of drug-likeness (QED) is 0.555. The first-order valence-corrected chi connectivity index (χ1v) is 10.1. The van der Waals surface area contributed by atoms with Crippen molar-refractivity contribution in [2.45, 2.75) is 11.4 Å². The van der Waals surface area contributed by atoms with E-state index in [0.717, 1.165) is 0 Å². The van der Waals surface area contributed by atoms with Crippen LogP contribution in [0.1, 0.15) is 16.2 Å². The molecule has 0 saturated carbocycles. The molecule has 8 nitrogen and oxygen atoms in total. The maximum Gasteiger partial charge on any atom is 0.251 e. The lowest BCUT2D eigenvalue weighted by Gasteiger charge is -2.07. The molecule has 1 amide bonds. The number of benzene rings is 2. The van der Waals surface area contributed by atoms with Crippen LogP contribution in [0.5, 0.6) is 0 Å². The second kappa shape index (κ2) is 8.87. The van der Waals surface area contributed by atoms with Crippen LogP contribution in [0.25, 0.3) is 11.4 Å². The number of sulfonamides is 1. The summed E-state index contributed by atoms with van der Waals surface area (Å²) in [6, 6.07) is 12.5. The van der Waals surface area contributed by atoms with E-state index in [1.807, 2.05) is 0 Å². The Balaban J connectivity index is 1.67. The van der Waals surface area contributed by atoms with Gasteiger partial charge in [-0.15, -0.1) is 6.42 Å². The Bertz CT molecular complexity index is 1180. The number of rotatable bonds is 7.